The number of nitrogens with zero attached hydrogens (tertiary/aromatic N) is 2. The zero-order chi connectivity index (χ0) is 13.0. The second kappa shape index (κ2) is 5.65. The van der Waals surface area contributed by atoms with Crippen LogP contribution < -0.4 is 0 Å². The second-order valence-electron chi connectivity index (χ2n) is 5.43. The van der Waals surface area contributed by atoms with Gasteiger partial charge in [-0.3, -0.25) is 0 Å². The molecule has 0 amide bonds. The molecule has 0 spiro atoms. The topological polar surface area (TPSA) is 61.2 Å². The summed E-state index contributed by atoms with van der Waals surface area (Å²) in [5, 5.41) is 8.52. The Morgan fingerprint density at radius 2 is 1.81 bits per heavy atom. The average Bonchev–Trinajstić information content (AvgIpc) is 1.98. The summed E-state index contributed by atoms with van der Waals surface area (Å²) in [7, 11) is -3.27. The van der Waals surface area contributed by atoms with E-state index in [0.717, 1.165) is 0 Å². The summed E-state index contributed by atoms with van der Waals surface area (Å²) < 4.78 is 25.6. The minimum atomic E-state index is -3.27. The van der Waals surface area contributed by atoms with Gasteiger partial charge in [0.25, 0.3) is 0 Å². The van der Waals surface area contributed by atoms with Gasteiger partial charge in [0.2, 0.25) is 10.0 Å². The number of hydrogen-bond donors (Lipinski definition) is 0. The van der Waals surface area contributed by atoms with E-state index < -0.39 is 10.0 Å². The Balaban J connectivity index is 4.85. The number of nitriles is 1. The molecule has 5 heteroatoms. The molecule has 0 rings (SSSR count). The maximum absolute atomic E-state index is 12.1. The third kappa shape index (κ3) is 5.47. The summed E-state index contributed by atoms with van der Waals surface area (Å²) in [6, 6.07) is 1.89. The summed E-state index contributed by atoms with van der Waals surface area (Å²) >= 11 is 0. The molecule has 0 aromatic rings. The first-order valence-electron chi connectivity index (χ1n) is 5.46. The van der Waals surface area contributed by atoms with Crippen LogP contribution in [-0.4, -0.2) is 31.1 Å². The lowest BCUT2D eigenvalue weighted by Crippen LogP contribution is -2.41. The molecule has 0 unspecified atom stereocenters. The van der Waals surface area contributed by atoms with Crippen LogP contribution in [0.4, 0.5) is 0 Å². The van der Waals surface area contributed by atoms with Gasteiger partial charge in [0.1, 0.15) is 0 Å². The van der Waals surface area contributed by atoms with E-state index in [1.165, 1.54) is 4.31 Å². The molecule has 0 saturated carbocycles. The molecule has 0 aromatic heterocycles. The summed E-state index contributed by atoms with van der Waals surface area (Å²) in [5.74, 6) is 0.115. The van der Waals surface area contributed by atoms with Crippen LogP contribution in [0.25, 0.3) is 0 Å². The van der Waals surface area contributed by atoms with Gasteiger partial charge in [-0.2, -0.15) is 9.57 Å². The maximum atomic E-state index is 12.1. The van der Waals surface area contributed by atoms with Gasteiger partial charge in [0.05, 0.1) is 11.8 Å². The van der Waals surface area contributed by atoms with E-state index in [-0.39, 0.29) is 30.2 Å². The summed E-state index contributed by atoms with van der Waals surface area (Å²) in [6.07, 6.45) is 0.238. The zero-order valence-corrected chi connectivity index (χ0v) is 11.6. The molecule has 0 bridgehead atoms. The van der Waals surface area contributed by atoms with Crippen molar-refractivity contribution >= 4 is 10.0 Å². The lowest BCUT2D eigenvalue weighted by molar-refractivity contribution is 0.348. The van der Waals surface area contributed by atoms with Gasteiger partial charge < -0.3 is 0 Å². The van der Waals surface area contributed by atoms with E-state index in [2.05, 4.69) is 0 Å². The van der Waals surface area contributed by atoms with E-state index in [4.69, 9.17) is 5.26 Å². The van der Waals surface area contributed by atoms with Crippen molar-refractivity contribution in [3.05, 3.63) is 0 Å². The van der Waals surface area contributed by atoms with Crippen LogP contribution in [0.5, 0.6) is 0 Å². The Hall–Kier alpha value is -0.600. The third-order valence-electron chi connectivity index (χ3n) is 1.99. The Labute approximate surface area is 99.3 Å². The molecule has 0 aliphatic rings. The fraction of sp³-hybridized carbons (Fsp3) is 0.909. The van der Waals surface area contributed by atoms with Crippen LogP contribution >= 0.6 is 0 Å². The standard InChI is InChI=1S/C11H22N2O2S/c1-10(2)13(8-6-7-12)16(14,15)9-11(3,4)5/h10H,6,8-9H2,1-5H3. The highest BCUT2D eigenvalue weighted by molar-refractivity contribution is 7.89. The predicted octanol–water partition coefficient (Wildman–Crippen LogP) is 1.99. The van der Waals surface area contributed by atoms with Crippen LogP contribution in [-0.2, 0) is 10.0 Å². The predicted molar refractivity (Wildman–Crippen MR) is 65.3 cm³/mol. The lowest BCUT2D eigenvalue weighted by atomic mass is 10.0. The molecular weight excluding hydrogens is 224 g/mol. The molecule has 0 aliphatic heterocycles. The minimum absolute atomic E-state index is 0.0966. The number of hydrogen-bond acceptors (Lipinski definition) is 3. The fourth-order valence-electron chi connectivity index (χ4n) is 1.51. The average molecular weight is 246 g/mol. The van der Waals surface area contributed by atoms with Gasteiger partial charge in [0.15, 0.2) is 0 Å². The molecule has 16 heavy (non-hydrogen) atoms. The van der Waals surface area contributed by atoms with Gasteiger partial charge in [-0.1, -0.05) is 20.8 Å². The quantitative estimate of drug-likeness (QED) is 0.745. The van der Waals surface area contributed by atoms with E-state index in [9.17, 15) is 8.42 Å². The Kier molecular flexibility index (Phi) is 5.43. The zero-order valence-electron chi connectivity index (χ0n) is 10.8. The highest BCUT2D eigenvalue weighted by atomic mass is 32.2. The fourth-order valence-corrected chi connectivity index (χ4v) is 3.78. The molecule has 0 fully saturated rings. The van der Waals surface area contributed by atoms with Crippen molar-refractivity contribution in [2.45, 2.75) is 47.1 Å². The molecule has 0 saturated heterocycles. The van der Waals surface area contributed by atoms with Crippen molar-refractivity contribution in [1.29, 1.82) is 5.26 Å². The summed E-state index contributed by atoms with van der Waals surface area (Å²) in [6.45, 7) is 9.63. The van der Waals surface area contributed by atoms with Crippen molar-refractivity contribution < 1.29 is 8.42 Å². The number of sulfonamides is 1. The normalized spacial score (nSPS) is 13.1. The molecule has 0 aromatic carbocycles. The van der Waals surface area contributed by atoms with Crippen molar-refractivity contribution in [1.82, 2.24) is 4.31 Å². The minimum Gasteiger partial charge on any atom is -0.212 e. The van der Waals surface area contributed by atoms with Crippen LogP contribution in [0.3, 0.4) is 0 Å². The SMILES string of the molecule is CC(C)N(CCC#N)S(=O)(=O)CC(C)(C)C. The van der Waals surface area contributed by atoms with E-state index in [1.807, 2.05) is 40.7 Å². The first-order chi connectivity index (χ1) is 7.10. The van der Waals surface area contributed by atoms with Crippen molar-refractivity contribution in [3.8, 4) is 6.07 Å². The van der Waals surface area contributed by atoms with Crippen molar-refractivity contribution in [2.75, 3.05) is 12.3 Å². The van der Waals surface area contributed by atoms with Gasteiger partial charge in [-0.15, -0.1) is 0 Å². The second-order valence-corrected chi connectivity index (χ2v) is 7.35. The first kappa shape index (κ1) is 15.4. The highest BCUT2D eigenvalue weighted by Crippen LogP contribution is 2.20. The molecule has 4 nitrogen and oxygen atoms in total. The highest BCUT2D eigenvalue weighted by Gasteiger charge is 2.29. The summed E-state index contributed by atoms with van der Waals surface area (Å²) in [4.78, 5) is 0. The molecule has 94 valence electrons. The van der Waals surface area contributed by atoms with Gasteiger partial charge >= 0.3 is 0 Å². The Bertz CT molecular complexity index is 347. The Morgan fingerprint density at radius 3 is 2.12 bits per heavy atom. The van der Waals surface area contributed by atoms with Crippen LogP contribution in [0.15, 0.2) is 0 Å². The third-order valence-corrected chi connectivity index (χ3v) is 4.54. The van der Waals surface area contributed by atoms with E-state index in [0.29, 0.717) is 0 Å². The van der Waals surface area contributed by atoms with Crippen LogP contribution in [0, 0.1) is 16.7 Å². The molecule has 0 N–H and O–H groups in total. The first-order valence-corrected chi connectivity index (χ1v) is 7.07. The van der Waals surface area contributed by atoms with Crippen molar-refractivity contribution in [2.24, 2.45) is 5.41 Å². The van der Waals surface area contributed by atoms with Crippen LogP contribution in [0.2, 0.25) is 0 Å². The summed E-state index contributed by atoms with van der Waals surface area (Å²) in [5.41, 5.74) is -0.265. The molecule has 0 atom stereocenters. The van der Waals surface area contributed by atoms with E-state index in [1.54, 1.807) is 0 Å². The van der Waals surface area contributed by atoms with Gasteiger partial charge in [-0.05, 0) is 19.3 Å². The van der Waals surface area contributed by atoms with Gasteiger partial charge in [-0.25, -0.2) is 8.42 Å². The maximum Gasteiger partial charge on any atom is 0.214 e. The molecule has 0 aliphatic carbocycles. The molecular formula is C11H22N2O2S. The van der Waals surface area contributed by atoms with E-state index >= 15 is 0 Å². The van der Waals surface area contributed by atoms with Gasteiger partial charge in [0, 0.05) is 19.0 Å². The molecule has 0 heterocycles. The lowest BCUT2D eigenvalue weighted by Gasteiger charge is -2.28. The largest absolute Gasteiger partial charge is 0.214 e. The molecule has 0 radical (unpaired) electrons. The smallest absolute Gasteiger partial charge is 0.212 e. The monoisotopic (exact) mass is 246 g/mol. The van der Waals surface area contributed by atoms with Crippen molar-refractivity contribution in [3.63, 3.8) is 0 Å². The van der Waals surface area contributed by atoms with Crippen LogP contribution in [0.1, 0.15) is 41.0 Å². The number of rotatable bonds is 5. The Morgan fingerprint density at radius 1 is 1.31 bits per heavy atom.